The van der Waals surface area contributed by atoms with E-state index < -0.39 is 0 Å². The summed E-state index contributed by atoms with van der Waals surface area (Å²) in [6, 6.07) is 0.421. The summed E-state index contributed by atoms with van der Waals surface area (Å²) in [7, 11) is 0. The Hall–Kier alpha value is -0.530. The Kier molecular flexibility index (Phi) is 3.71. The number of hydrogen-bond donors (Lipinski definition) is 1. The molecule has 2 N–H and O–H groups in total. The Morgan fingerprint density at radius 1 is 1.25 bits per heavy atom. The summed E-state index contributed by atoms with van der Waals surface area (Å²) in [5.74, 6) is 1.39. The van der Waals surface area contributed by atoms with Crippen molar-refractivity contribution in [3.05, 3.63) is 0 Å². The van der Waals surface area contributed by atoms with Crippen molar-refractivity contribution < 1.29 is 0 Å². The molecule has 0 aromatic heterocycles. The highest BCUT2D eigenvalue weighted by atomic mass is 15.0. The maximum atomic E-state index is 6.08. The molecule has 0 saturated carbocycles. The molecule has 0 radical (unpaired) electrons. The molecule has 1 aliphatic heterocycles. The zero-order chi connectivity index (χ0) is 12.6. The van der Waals surface area contributed by atoms with Gasteiger partial charge in [-0.2, -0.15) is 0 Å². The summed E-state index contributed by atoms with van der Waals surface area (Å²) >= 11 is 0. The summed E-state index contributed by atoms with van der Waals surface area (Å²) in [5, 5.41) is 0. The lowest BCUT2D eigenvalue weighted by Gasteiger charge is -2.29. The van der Waals surface area contributed by atoms with Crippen molar-refractivity contribution in [1.29, 1.82) is 0 Å². The van der Waals surface area contributed by atoms with Crippen molar-refractivity contribution in [2.24, 2.45) is 27.5 Å². The number of aliphatic imine (C=N–C) groups is 1. The quantitative estimate of drug-likeness (QED) is 0.781. The van der Waals surface area contributed by atoms with E-state index in [4.69, 9.17) is 10.7 Å². The van der Waals surface area contributed by atoms with Gasteiger partial charge < -0.3 is 5.73 Å². The average molecular weight is 224 g/mol. The third-order valence-electron chi connectivity index (χ3n) is 3.90. The predicted octanol–water partition coefficient (Wildman–Crippen LogP) is 3.60. The van der Waals surface area contributed by atoms with Crippen molar-refractivity contribution in [3.63, 3.8) is 0 Å². The minimum atomic E-state index is 0.289. The molecule has 0 fully saturated rings. The lowest BCUT2D eigenvalue weighted by atomic mass is 9.76. The third kappa shape index (κ3) is 3.23. The Morgan fingerprint density at radius 2 is 1.81 bits per heavy atom. The highest BCUT2D eigenvalue weighted by Gasteiger charge is 2.37. The van der Waals surface area contributed by atoms with Crippen LogP contribution in [-0.4, -0.2) is 11.9 Å². The van der Waals surface area contributed by atoms with Gasteiger partial charge in [0.2, 0.25) is 0 Å². The fourth-order valence-corrected chi connectivity index (χ4v) is 2.38. The standard InChI is InChI=1S/C14H28N2/c1-7-14(5,6)11-8-10(12(15)16-11)9-13(2,3)4/h10-11H,7-9H2,1-6H3,(H2,15,16). The maximum Gasteiger partial charge on any atom is 0.0973 e. The molecule has 0 aliphatic carbocycles. The maximum absolute atomic E-state index is 6.08. The summed E-state index contributed by atoms with van der Waals surface area (Å²) < 4.78 is 0. The summed E-state index contributed by atoms with van der Waals surface area (Å²) in [6.07, 6.45) is 3.46. The number of rotatable bonds is 3. The Labute approximate surface area is 101 Å². The molecule has 16 heavy (non-hydrogen) atoms. The van der Waals surface area contributed by atoms with Gasteiger partial charge in [0.05, 0.1) is 11.9 Å². The van der Waals surface area contributed by atoms with Crippen LogP contribution in [0.1, 0.15) is 60.8 Å². The topological polar surface area (TPSA) is 38.4 Å². The second kappa shape index (κ2) is 4.38. The molecule has 2 heteroatoms. The van der Waals surface area contributed by atoms with E-state index in [1.54, 1.807) is 0 Å². The van der Waals surface area contributed by atoms with Crippen LogP contribution in [0.4, 0.5) is 0 Å². The predicted molar refractivity (Wildman–Crippen MR) is 71.7 cm³/mol. The number of nitrogens with two attached hydrogens (primary N) is 1. The highest BCUT2D eigenvalue weighted by molar-refractivity contribution is 5.84. The first-order chi connectivity index (χ1) is 7.15. The van der Waals surface area contributed by atoms with Crippen molar-refractivity contribution >= 4 is 5.84 Å². The molecule has 0 aromatic carbocycles. The molecule has 2 atom stereocenters. The van der Waals surface area contributed by atoms with Gasteiger partial charge in [-0.1, -0.05) is 41.5 Å². The van der Waals surface area contributed by atoms with E-state index in [1.165, 1.54) is 0 Å². The lowest BCUT2D eigenvalue weighted by molar-refractivity contribution is 0.247. The van der Waals surface area contributed by atoms with Gasteiger partial charge in [-0.3, -0.25) is 4.99 Å². The largest absolute Gasteiger partial charge is 0.387 e. The normalized spacial score (nSPS) is 27.0. The molecule has 0 saturated heterocycles. The minimum Gasteiger partial charge on any atom is -0.387 e. The van der Waals surface area contributed by atoms with E-state index >= 15 is 0 Å². The van der Waals surface area contributed by atoms with Crippen molar-refractivity contribution in [3.8, 4) is 0 Å². The Balaban J connectivity index is 2.68. The molecule has 2 nitrogen and oxygen atoms in total. The molecule has 2 unspecified atom stereocenters. The summed E-state index contributed by atoms with van der Waals surface area (Å²) in [4.78, 5) is 4.69. The van der Waals surface area contributed by atoms with Crippen LogP contribution in [0, 0.1) is 16.7 Å². The van der Waals surface area contributed by atoms with Crippen LogP contribution in [0.3, 0.4) is 0 Å². The van der Waals surface area contributed by atoms with Gasteiger partial charge in [0.25, 0.3) is 0 Å². The van der Waals surface area contributed by atoms with Crippen LogP contribution in [0.2, 0.25) is 0 Å². The minimum absolute atomic E-state index is 0.289. The van der Waals surface area contributed by atoms with Crippen LogP contribution < -0.4 is 5.73 Å². The summed E-state index contributed by atoms with van der Waals surface area (Å²) in [5.41, 5.74) is 6.71. The van der Waals surface area contributed by atoms with E-state index in [1.807, 2.05) is 0 Å². The van der Waals surface area contributed by atoms with Crippen LogP contribution >= 0.6 is 0 Å². The molecular formula is C14H28N2. The smallest absolute Gasteiger partial charge is 0.0973 e. The molecule has 1 rings (SSSR count). The fourth-order valence-electron chi connectivity index (χ4n) is 2.38. The molecule has 0 amide bonds. The molecular weight excluding hydrogens is 196 g/mol. The Bertz CT molecular complexity index is 271. The van der Waals surface area contributed by atoms with E-state index in [9.17, 15) is 0 Å². The number of amidine groups is 1. The average Bonchev–Trinajstić information content (AvgIpc) is 2.46. The van der Waals surface area contributed by atoms with Crippen molar-refractivity contribution in [1.82, 2.24) is 0 Å². The van der Waals surface area contributed by atoms with E-state index in [-0.39, 0.29) is 5.41 Å². The van der Waals surface area contributed by atoms with E-state index in [2.05, 4.69) is 41.5 Å². The number of hydrogen-bond acceptors (Lipinski definition) is 2. The SMILES string of the molecule is CCC(C)(C)C1CC(CC(C)(C)C)C(N)=N1. The summed E-state index contributed by atoms with van der Waals surface area (Å²) in [6.45, 7) is 13.7. The molecule has 0 bridgehead atoms. The van der Waals surface area contributed by atoms with Gasteiger partial charge in [-0.15, -0.1) is 0 Å². The van der Waals surface area contributed by atoms with Gasteiger partial charge in [0.15, 0.2) is 0 Å². The van der Waals surface area contributed by atoms with Crippen LogP contribution in [0.25, 0.3) is 0 Å². The van der Waals surface area contributed by atoms with E-state index in [0.29, 0.717) is 17.4 Å². The molecule has 0 aromatic rings. The van der Waals surface area contributed by atoms with Crippen LogP contribution in [-0.2, 0) is 0 Å². The van der Waals surface area contributed by atoms with Crippen LogP contribution in [0.15, 0.2) is 4.99 Å². The van der Waals surface area contributed by atoms with Gasteiger partial charge in [-0.05, 0) is 30.1 Å². The van der Waals surface area contributed by atoms with Crippen LogP contribution in [0.5, 0.6) is 0 Å². The molecule has 1 heterocycles. The van der Waals surface area contributed by atoms with Gasteiger partial charge >= 0.3 is 0 Å². The monoisotopic (exact) mass is 224 g/mol. The third-order valence-corrected chi connectivity index (χ3v) is 3.90. The molecule has 94 valence electrons. The second-order valence-corrected chi connectivity index (χ2v) is 7.11. The van der Waals surface area contributed by atoms with Gasteiger partial charge in [0.1, 0.15) is 0 Å². The highest BCUT2D eigenvalue weighted by Crippen LogP contribution is 2.39. The van der Waals surface area contributed by atoms with E-state index in [0.717, 1.165) is 25.1 Å². The first-order valence-electron chi connectivity index (χ1n) is 6.49. The van der Waals surface area contributed by atoms with Gasteiger partial charge in [-0.25, -0.2) is 0 Å². The van der Waals surface area contributed by atoms with Gasteiger partial charge in [0, 0.05) is 5.92 Å². The fraction of sp³-hybridized carbons (Fsp3) is 0.929. The number of nitrogens with zero attached hydrogens (tertiary/aromatic N) is 1. The zero-order valence-electron chi connectivity index (χ0n) is 11.8. The second-order valence-electron chi connectivity index (χ2n) is 7.11. The first-order valence-corrected chi connectivity index (χ1v) is 6.49. The zero-order valence-corrected chi connectivity index (χ0v) is 11.8. The van der Waals surface area contributed by atoms with Crippen molar-refractivity contribution in [2.45, 2.75) is 66.8 Å². The molecule has 0 spiro atoms. The molecule has 1 aliphatic rings. The van der Waals surface area contributed by atoms with Crippen molar-refractivity contribution in [2.75, 3.05) is 0 Å². The first kappa shape index (κ1) is 13.5. The lowest BCUT2D eigenvalue weighted by Crippen LogP contribution is -2.27. The Morgan fingerprint density at radius 3 is 2.25 bits per heavy atom.